The molecule has 0 radical (unpaired) electrons. The van der Waals surface area contributed by atoms with Crippen molar-refractivity contribution in [3.63, 3.8) is 0 Å². The van der Waals surface area contributed by atoms with Crippen LogP contribution in [-0.2, 0) is 23.9 Å². The van der Waals surface area contributed by atoms with Crippen molar-refractivity contribution >= 4 is 67.9 Å². The SMILES string of the molecule is COc1cc(/N=N/c2c(Br)cc([N+](=O)[O-])cc2[N+](=O)[O-])c(NC(C)=O)cc1N(CCOC(C)=O)CCOC(C)=O. The molecule has 40 heavy (non-hydrogen) atoms. The van der Waals surface area contributed by atoms with Crippen LogP contribution in [0.3, 0.4) is 0 Å². The number of methoxy groups -OCH3 is 1. The first-order valence-corrected chi connectivity index (χ1v) is 12.2. The Morgan fingerprint density at radius 2 is 1.55 bits per heavy atom. The van der Waals surface area contributed by atoms with Gasteiger partial charge in [-0.2, -0.15) is 0 Å². The van der Waals surface area contributed by atoms with E-state index in [0.29, 0.717) is 5.69 Å². The van der Waals surface area contributed by atoms with Crippen molar-refractivity contribution in [1.29, 1.82) is 0 Å². The number of rotatable bonds is 13. The summed E-state index contributed by atoms with van der Waals surface area (Å²) in [6.45, 7) is 4.08. The molecule has 0 aliphatic rings. The molecule has 0 fully saturated rings. The van der Waals surface area contributed by atoms with E-state index in [4.69, 9.17) is 14.2 Å². The van der Waals surface area contributed by atoms with Crippen molar-refractivity contribution < 1.29 is 38.4 Å². The molecule has 17 heteroatoms. The number of amides is 1. The minimum atomic E-state index is -0.839. The zero-order valence-electron chi connectivity index (χ0n) is 21.8. The third-order valence-electron chi connectivity index (χ3n) is 4.97. The van der Waals surface area contributed by atoms with Gasteiger partial charge < -0.3 is 24.4 Å². The highest BCUT2D eigenvalue weighted by molar-refractivity contribution is 9.10. The molecule has 0 saturated carbocycles. The summed E-state index contributed by atoms with van der Waals surface area (Å²) in [6, 6.07) is 4.70. The monoisotopic (exact) mass is 624 g/mol. The molecule has 16 nitrogen and oxygen atoms in total. The standard InChI is InChI=1S/C23H25BrN6O10/c1-13(31)25-18-11-20(28(5-7-39-14(2)32)6-8-40-15(3)33)22(38-4)12-19(18)26-27-23-17(24)9-16(29(34)35)10-21(23)30(36)37/h9-12H,5-8H2,1-4H3,(H,25,31)/b27-26+. The molecule has 2 aromatic carbocycles. The number of benzene rings is 2. The molecule has 0 saturated heterocycles. The summed E-state index contributed by atoms with van der Waals surface area (Å²) in [4.78, 5) is 57.2. The Kier molecular flexibility index (Phi) is 11.4. The highest BCUT2D eigenvalue weighted by atomic mass is 79.9. The lowest BCUT2D eigenvalue weighted by atomic mass is 10.2. The van der Waals surface area contributed by atoms with Crippen molar-refractivity contribution in [2.24, 2.45) is 10.2 Å². The molecule has 0 aliphatic carbocycles. The fourth-order valence-corrected chi connectivity index (χ4v) is 3.83. The van der Waals surface area contributed by atoms with Gasteiger partial charge in [-0.15, -0.1) is 10.2 Å². The molecule has 0 bridgehead atoms. The second-order valence-corrected chi connectivity index (χ2v) is 8.75. The molecule has 0 atom stereocenters. The van der Waals surface area contributed by atoms with Crippen LogP contribution in [0.1, 0.15) is 20.8 Å². The highest BCUT2D eigenvalue weighted by Crippen LogP contribution is 2.43. The number of carbonyl (C=O) groups excluding carboxylic acids is 3. The van der Waals surface area contributed by atoms with Crippen LogP contribution in [0.25, 0.3) is 0 Å². The summed E-state index contributed by atoms with van der Waals surface area (Å²) in [7, 11) is 1.37. The van der Waals surface area contributed by atoms with Gasteiger partial charge in [0.1, 0.15) is 24.7 Å². The Morgan fingerprint density at radius 1 is 0.950 bits per heavy atom. The van der Waals surface area contributed by atoms with Crippen LogP contribution in [0.4, 0.5) is 34.1 Å². The summed E-state index contributed by atoms with van der Waals surface area (Å²) in [6.07, 6.45) is 0. The highest BCUT2D eigenvalue weighted by Gasteiger charge is 2.24. The lowest BCUT2D eigenvalue weighted by Gasteiger charge is -2.27. The van der Waals surface area contributed by atoms with Crippen LogP contribution in [0.5, 0.6) is 5.75 Å². The lowest BCUT2D eigenvalue weighted by Crippen LogP contribution is -2.32. The number of non-ortho nitro benzene ring substituents is 1. The number of nitro benzene ring substituents is 2. The number of halogens is 1. The van der Waals surface area contributed by atoms with Gasteiger partial charge in [-0.3, -0.25) is 34.6 Å². The van der Waals surface area contributed by atoms with Gasteiger partial charge in [0.05, 0.1) is 52.0 Å². The molecule has 0 aliphatic heterocycles. The number of carbonyl (C=O) groups is 3. The van der Waals surface area contributed by atoms with Crippen LogP contribution in [-0.4, -0.2) is 61.1 Å². The van der Waals surface area contributed by atoms with E-state index in [0.717, 1.165) is 12.1 Å². The third-order valence-corrected chi connectivity index (χ3v) is 5.58. The Morgan fingerprint density at radius 3 is 2.02 bits per heavy atom. The Hall–Kier alpha value is -4.67. The van der Waals surface area contributed by atoms with Crippen LogP contribution >= 0.6 is 15.9 Å². The predicted molar refractivity (Wildman–Crippen MR) is 144 cm³/mol. The molecule has 1 amide bonds. The lowest BCUT2D eigenvalue weighted by molar-refractivity contribution is -0.393. The second kappa shape index (κ2) is 14.5. The van der Waals surface area contributed by atoms with Crippen LogP contribution in [0.15, 0.2) is 39.0 Å². The quantitative estimate of drug-likeness (QED) is 0.141. The number of ether oxygens (including phenoxy) is 3. The topological polar surface area (TPSA) is 205 Å². The van der Waals surface area contributed by atoms with Gasteiger partial charge in [-0.05, 0) is 22.0 Å². The maximum atomic E-state index is 12.0. The summed E-state index contributed by atoms with van der Waals surface area (Å²) in [5.74, 6) is -1.23. The van der Waals surface area contributed by atoms with Gasteiger partial charge in [0.15, 0.2) is 5.69 Å². The van der Waals surface area contributed by atoms with E-state index in [1.54, 1.807) is 4.90 Å². The van der Waals surface area contributed by atoms with E-state index in [-0.39, 0.29) is 53.6 Å². The maximum Gasteiger partial charge on any atom is 0.304 e. The van der Waals surface area contributed by atoms with E-state index in [1.807, 2.05) is 0 Å². The number of anilines is 2. The molecule has 1 N–H and O–H groups in total. The summed E-state index contributed by atoms with van der Waals surface area (Å²) < 4.78 is 15.5. The van der Waals surface area contributed by atoms with Gasteiger partial charge in [-0.1, -0.05) is 0 Å². The number of nitrogens with zero attached hydrogens (tertiary/aromatic N) is 5. The molecule has 0 heterocycles. The number of hydrogen-bond donors (Lipinski definition) is 1. The Balaban J connectivity index is 2.61. The van der Waals surface area contributed by atoms with Gasteiger partial charge in [-0.25, -0.2) is 0 Å². The van der Waals surface area contributed by atoms with Crippen LogP contribution in [0.2, 0.25) is 0 Å². The second-order valence-electron chi connectivity index (χ2n) is 7.90. The average molecular weight is 625 g/mol. The number of hydrogen-bond acceptors (Lipinski definition) is 13. The minimum Gasteiger partial charge on any atom is -0.494 e. The van der Waals surface area contributed by atoms with Gasteiger partial charge in [0.25, 0.3) is 5.69 Å². The molecular weight excluding hydrogens is 600 g/mol. The van der Waals surface area contributed by atoms with Crippen molar-refractivity contribution in [2.45, 2.75) is 20.8 Å². The molecular formula is C23H25BrN6O10. The van der Waals surface area contributed by atoms with Gasteiger partial charge in [0.2, 0.25) is 5.91 Å². The summed E-state index contributed by atoms with van der Waals surface area (Å²) >= 11 is 3.06. The average Bonchev–Trinajstić information content (AvgIpc) is 2.86. The first-order valence-electron chi connectivity index (χ1n) is 11.4. The van der Waals surface area contributed by atoms with E-state index >= 15 is 0 Å². The summed E-state index contributed by atoms with van der Waals surface area (Å²) in [5, 5.41) is 33.3. The fourth-order valence-electron chi connectivity index (χ4n) is 3.31. The van der Waals surface area contributed by atoms with E-state index in [9.17, 15) is 34.6 Å². The van der Waals surface area contributed by atoms with E-state index in [1.165, 1.54) is 40.0 Å². The number of esters is 2. The maximum absolute atomic E-state index is 12.0. The Labute approximate surface area is 235 Å². The fraction of sp³-hybridized carbons (Fsp3) is 0.348. The van der Waals surface area contributed by atoms with E-state index < -0.39 is 39.1 Å². The smallest absolute Gasteiger partial charge is 0.304 e. The van der Waals surface area contributed by atoms with Crippen molar-refractivity contribution in [2.75, 3.05) is 43.6 Å². The number of nitro groups is 2. The largest absolute Gasteiger partial charge is 0.494 e. The van der Waals surface area contributed by atoms with Gasteiger partial charge in [0, 0.05) is 32.9 Å². The molecule has 0 unspecified atom stereocenters. The first-order chi connectivity index (χ1) is 18.8. The van der Waals surface area contributed by atoms with Crippen LogP contribution < -0.4 is 15.0 Å². The molecule has 0 aromatic heterocycles. The number of nitrogens with one attached hydrogen (secondary N) is 1. The normalized spacial score (nSPS) is 10.6. The van der Waals surface area contributed by atoms with Crippen molar-refractivity contribution in [1.82, 2.24) is 0 Å². The molecule has 2 rings (SSSR count). The van der Waals surface area contributed by atoms with Crippen molar-refractivity contribution in [3.05, 3.63) is 49.0 Å². The van der Waals surface area contributed by atoms with E-state index in [2.05, 4.69) is 31.5 Å². The third kappa shape index (κ3) is 8.97. The molecule has 0 spiro atoms. The van der Waals surface area contributed by atoms with Gasteiger partial charge >= 0.3 is 17.6 Å². The zero-order chi connectivity index (χ0) is 30.0. The first kappa shape index (κ1) is 31.5. The molecule has 214 valence electrons. The van der Waals surface area contributed by atoms with Crippen molar-refractivity contribution in [3.8, 4) is 5.75 Å². The minimum absolute atomic E-state index is 0.00662. The van der Waals surface area contributed by atoms with Crippen LogP contribution in [0, 0.1) is 20.2 Å². The number of azo groups is 1. The molecule has 2 aromatic rings. The summed E-state index contributed by atoms with van der Waals surface area (Å²) in [5.41, 5.74) is -0.904. The zero-order valence-corrected chi connectivity index (χ0v) is 23.4. The predicted octanol–water partition coefficient (Wildman–Crippen LogP) is 4.58. The Bertz CT molecular complexity index is 1330.